The Bertz CT molecular complexity index is 732. The number of nitrogen functional groups attached to an aromatic ring is 2. The summed E-state index contributed by atoms with van der Waals surface area (Å²) in [5.74, 6) is 6.19. The van der Waals surface area contributed by atoms with Crippen molar-refractivity contribution in [2.45, 2.75) is 33.2 Å². The Morgan fingerprint density at radius 2 is 2.04 bits per heavy atom. The zero-order chi connectivity index (χ0) is 17.5. The van der Waals surface area contributed by atoms with Crippen LogP contribution < -0.4 is 17.1 Å². The van der Waals surface area contributed by atoms with E-state index in [1.165, 1.54) is 16.0 Å². The van der Waals surface area contributed by atoms with Crippen LogP contribution in [0.3, 0.4) is 0 Å². The van der Waals surface area contributed by atoms with Crippen molar-refractivity contribution < 1.29 is 4.79 Å². The summed E-state index contributed by atoms with van der Waals surface area (Å²) in [5.41, 5.74) is 6.92. The molecule has 7 nitrogen and oxygen atoms in total. The van der Waals surface area contributed by atoms with Crippen LogP contribution in [0.25, 0.3) is 0 Å². The molecule has 8 heteroatoms. The highest BCUT2D eigenvalue weighted by molar-refractivity contribution is 7.09. The Balaban J connectivity index is 2.34. The molecule has 0 aliphatic carbocycles. The molecule has 130 valence electrons. The summed E-state index contributed by atoms with van der Waals surface area (Å²) in [4.78, 5) is 23.2. The molecule has 2 aromatic heterocycles. The molecule has 4 N–H and O–H groups in total. The highest BCUT2D eigenvalue weighted by Crippen LogP contribution is 2.09. The van der Waals surface area contributed by atoms with Gasteiger partial charge in [0.1, 0.15) is 16.3 Å². The largest absolute Gasteiger partial charge is 0.384 e. The Morgan fingerprint density at radius 1 is 1.33 bits per heavy atom. The van der Waals surface area contributed by atoms with Crippen LogP contribution in [0.4, 0.5) is 5.82 Å². The smallest absolute Gasteiger partial charge is 0.254 e. The lowest BCUT2D eigenvalue weighted by atomic mass is 10.2. The molecule has 0 aliphatic heterocycles. The van der Waals surface area contributed by atoms with E-state index in [9.17, 15) is 4.79 Å². The molecule has 0 aromatic carbocycles. The first-order chi connectivity index (χ1) is 11.6. The SMILES string of the molecule is CCCN(CCC)C(=O)c1cc(N)n(N)c(=NCc2nccs2)c1. The molecule has 2 heterocycles. The van der Waals surface area contributed by atoms with Crippen molar-refractivity contribution in [3.63, 3.8) is 0 Å². The summed E-state index contributed by atoms with van der Waals surface area (Å²) < 4.78 is 1.29. The topological polar surface area (TPSA) is 103 Å². The molecule has 24 heavy (non-hydrogen) atoms. The summed E-state index contributed by atoms with van der Waals surface area (Å²) in [6.07, 6.45) is 3.55. The second-order valence-electron chi connectivity index (χ2n) is 5.43. The molecule has 2 rings (SSSR count). The predicted molar refractivity (Wildman–Crippen MR) is 96.9 cm³/mol. The molecule has 0 atom stereocenters. The minimum Gasteiger partial charge on any atom is -0.384 e. The molecule has 0 bridgehead atoms. The molecule has 0 saturated heterocycles. The summed E-state index contributed by atoms with van der Waals surface area (Å²) in [5, 5.41) is 2.77. The molecule has 0 radical (unpaired) electrons. The van der Waals surface area contributed by atoms with Gasteiger partial charge >= 0.3 is 0 Å². The number of amides is 1. The average Bonchev–Trinajstić information content (AvgIpc) is 3.08. The zero-order valence-corrected chi connectivity index (χ0v) is 14.9. The molecule has 2 aromatic rings. The van der Waals surface area contributed by atoms with E-state index < -0.39 is 0 Å². The molecular weight excluding hydrogens is 324 g/mol. The summed E-state index contributed by atoms with van der Waals surface area (Å²) >= 11 is 1.52. The van der Waals surface area contributed by atoms with Gasteiger partial charge in [-0.15, -0.1) is 11.3 Å². The van der Waals surface area contributed by atoms with Gasteiger partial charge in [-0.3, -0.25) is 9.79 Å². The second kappa shape index (κ2) is 8.49. The first kappa shape index (κ1) is 18.0. The van der Waals surface area contributed by atoms with Gasteiger partial charge in [0.2, 0.25) is 0 Å². The number of anilines is 1. The number of nitrogens with two attached hydrogens (primary N) is 2. The normalized spacial score (nSPS) is 11.7. The van der Waals surface area contributed by atoms with Gasteiger partial charge in [-0.2, -0.15) is 0 Å². The van der Waals surface area contributed by atoms with Crippen molar-refractivity contribution in [1.29, 1.82) is 0 Å². The van der Waals surface area contributed by atoms with Crippen molar-refractivity contribution in [1.82, 2.24) is 14.6 Å². The fourth-order valence-corrected chi connectivity index (χ4v) is 2.91. The Morgan fingerprint density at radius 3 is 2.62 bits per heavy atom. The van der Waals surface area contributed by atoms with Gasteiger partial charge < -0.3 is 16.5 Å². The van der Waals surface area contributed by atoms with Gasteiger partial charge in [0.15, 0.2) is 0 Å². The van der Waals surface area contributed by atoms with E-state index in [0.717, 1.165) is 30.9 Å². The van der Waals surface area contributed by atoms with Crippen LogP contribution in [0.15, 0.2) is 28.7 Å². The number of rotatable bonds is 7. The first-order valence-electron chi connectivity index (χ1n) is 8.02. The molecule has 0 fully saturated rings. The summed E-state index contributed by atoms with van der Waals surface area (Å²) in [7, 11) is 0. The maximum atomic E-state index is 12.7. The highest BCUT2D eigenvalue weighted by atomic mass is 32.1. The number of hydrogen-bond donors (Lipinski definition) is 2. The average molecular weight is 348 g/mol. The van der Waals surface area contributed by atoms with Crippen LogP contribution in [-0.4, -0.2) is 33.6 Å². The van der Waals surface area contributed by atoms with E-state index >= 15 is 0 Å². The van der Waals surface area contributed by atoms with Crippen molar-refractivity contribution >= 4 is 23.1 Å². The van der Waals surface area contributed by atoms with Gasteiger partial charge in [0.25, 0.3) is 5.91 Å². The molecule has 0 unspecified atom stereocenters. The number of pyridine rings is 1. The van der Waals surface area contributed by atoms with Gasteiger partial charge in [-0.05, 0) is 25.0 Å². The molecular formula is C16H24N6OS. The molecule has 0 spiro atoms. The number of carbonyl (C=O) groups excluding carboxylic acids is 1. The minimum atomic E-state index is -0.0447. The lowest BCUT2D eigenvalue weighted by Crippen LogP contribution is -2.36. The first-order valence-corrected chi connectivity index (χ1v) is 8.90. The lowest BCUT2D eigenvalue weighted by Gasteiger charge is -2.22. The van der Waals surface area contributed by atoms with Crippen molar-refractivity contribution in [3.8, 4) is 0 Å². The Labute approximate surface area is 145 Å². The van der Waals surface area contributed by atoms with Crippen LogP contribution >= 0.6 is 11.3 Å². The summed E-state index contributed by atoms with van der Waals surface area (Å²) in [6, 6.07) is 3.29. The third-order valence-electron chi connectivity index (χ3n) is 3.49. The van der Waals surface area contributed by atoms with Gasteiger partial charge in [-0.1, -0.05) is 13.8 Å². The van der Waals surface area contributed by atoms with Gasteiger partial charge in [0, 0.05) is 30.2 Å². The third kappa shape index (κ3) is 4.35. The summed E-state index contributed by atoms with van der Waals surface area (Å²) in [6.45, 7) is 5.95. The van der Waals surface area contributed by atoms with E-state index in [4.69, 9.17) is 11.6 Å². The number of carbonyl (C=O) groups is 1. The second-order valence-corrected chi connectivity index (χ2v) is 6.41. The van der Waals surface area contributed by atoms with E-state index in [-0.39, 0.29) is 5.91 Å². The molecule has 1 amide bonds. The van der Waals surface area contributed by atoms with Crippen LogP contribution in [0.5, 0.6) is 0 Å². The van der Waals surface area contributed by atoms with Crippen LogP contribution in [0.2, 0.25) is 0 Å². The van der Waals surface area contributed by atoms with E-state index in [1.807, 2.05) is 10.3 Å². The Kier molecular flexibility index (Phi) is 6.36. The fourth-order valence-electron chi connectivity index (χ4n) is 2.37. The van der Waals surface area contributed by atoms with Crippen LogP contribution in [0.1, 0.15) is 42.1 Å². The molecule has 0 aliphatic rings. The van der Waals surface area contributed by atoms with Crippen LogP contribution in [-0.2, 0) is 6.54 Å². The number of aromatic nitrogens is 2. The van der Waals surface area contributed by atoms with Gasteiger partial charge in [0.05, 0.1) is 6.54 Å². The molecule has 0 saturated carbocycles. The fraction of sp³-hybridized carbons (Fsp3) is 0.438. The van der Waals surface area contributed by atoms with Crippen LogP contribution in [0, 0.1) is 0 Å². The highest BCUT2D eigenvalue weighted by Gasteiger charge is 2.16. The number of thiazole rings is 1. The standard InChI is InChI=1S/C16H24N6OS/c1-3-6-21(7-4-2)16(23)12-9-13(17)22(18)14(10-12)20-11-15-19-5-8-24-15/h5,8-10H,3-4,6-7,11,17-18H2,1-2H3. The maximum Gasteiger partial charge on any atom is 0.254 e. The zero-order valence-electron chi connectivity index (χ0n) is 14.1. The number of nitrogens with zero attached hydrogens (tertiary/aromatic N) is 4. The maximum absolute atomic E-state index is 12.7. The van der Waals surface area contributed by atoms with E-state index in [1.54, 1.807) is 18.3 Å². The van der Waals surface area contributed by atoms with Crippen molar-refractivity contribution in [3.05, 3.63) is 39.8 Å². The Hall–Kier alpha value is -2.35. The number of hydrogen-bond acceptors (Lipinski definition) is 6. The van der Waals surface area contributed by atoms with E-state index in [0.29, 0.717) is 23.4 Å². The monoisotopic (exact) mass is 348 g/mol. The van der Waals surface area contributed by atoms with Crippen molar-refractivity contribution in [2.24, 2.45) is 4.99 Å². The minimum absolute atomic E-state index is 0.0447. The van der Waals surface area contributed by atoms with Gasteiger partial charge in [-0.25, -0.2) is 9.66 Å². The lowest BCUT2D eigenvalue weighted by molar-refractivity contribution is 0.0755. The van der Waals surface area contributed by atoms with E-state index in [2.05, 4.69) is 23.8 Å². The third-order valence-corrected chi connectivity index (χ3v) is 4.26. The predicted octanol–water partition coefficient (Wildman–Crippen LogP) is 1.60. The van der Waals surface area contributed by atoms with Crippen molar-refractivity contribution in [2.75, 3.05) is 24.7 Å². The quantitative estimate of drug-likeness (QED) is 0.742.